The Morgan fingerprint density at radius 2 is 2.10 bits per heavy atom. The van der Waals surface area contributed by atoms with E-state index in [-0.39, 0.29) is 11.3 Å². The number of rotatable bonds is 5. The molecule has 0 aliphatic carbocycles. The molecule has 0 aliphatic heterocycles. The number of carbonyl (C=O) groups excluding carboxylic acids is 1. The van der Waals surface area contributed by atoms with Crippen LogP contribution in [0.3, 0.4) is 0 Å². The molecular weight excluding hydrogens is 263 g/mol. The van der Waals surface area contributed by atoms with Gasteiger partial charge in [0.15, 0.2) is 0 Å². The van der Waals surface area contributed by atoms with Gasteiger partial charge in [0.2, 0.25) is 0 Å². The van der Waals surface area contributed by atoms with Crippen molar-refractivity contribution < 1.29 is 19.1 Å². The predicted octanol–water partition coefficient (Wildman–Crippen LogP) is 3.03. The molecule has 5 nitrogen and oxygen atoms in total. The lowest BCUT2D eigenvalue weighted by molar-refractivity contribution is 0.0697. The van der Waals surface area contributed by atoms with E-state index in [1.54, 1.807) is 7.05 Å². The Balaban J connectivity index is 2.88. The summed E-state index contributed by atoms with van der Waals surface area (Å²) in [5, 5.41) is 11.3. The number of anilines is 1. The monoisotopic (exact) mass is 282 g/mol. The number of halogens is 1. The third kappa shape index (κ3) is 3.94. The van der Waals surface area contributed by atoms with Gasteiger partial charge in [-0.15, -0.1) is 0 Å². The highest BCUT2D eigenvalue weighted by Crippen LogP contribution is 2.20. The average molecular weight is 282 g/mol. The number of aromatic carboxylic acids is 1. The molecule has 0 fully saturated rings. The number of carboxylic acid groups (broad SMARTS) is 1. The molecule has 0 heterocycles. The second-order valence-electron chi connectivity index (χ2n) is 4.79. The van der Waals surface area contributed by atoms with Crippen LogP contribution in [0.15, 0.2) is 18.2 Å². The van der Waals surface area contributed by atoms with Gasteiger partial charge in [-0.2, -0.15) is 0 Å². The van der Waals surface area contributed by atoms with Gasteiger partial charge in [-0.05, 0) is 18.1 Å². The summed E-state index contributed by atoms with van der Waals surface area (Å²) in [4.78, 5) is 24.4. The van der Waals surface area contributed by atoms with E-state index in [1.807, 2.05) is 13.8 Å². The lowest BCUT2D eigenvalue weighted by Gasteiger charge is -2.21. The van der Waals surface area contributed by atoms with Gasteiger partial charge in [0.05, 0.1) is 11.3 Å². The van der Waals surface area contributed by atoms with Crippen LogP contribution >= 0.6 is 0 Å². The normalized spacial score (nSPS) is 11.8. The van der Waals surface area contributed by atoms with Gasteiger partial charge in [0.25, 0.3) is 0 Å². The Morgan fingerprint density at radius 1 is 1.45 bits per heavy atom. The van der Waals surface area contributed by atoms with E-state index < -0.39 is 17.8 Å². The van der Waals surface area contributed by atoms with E-state index in [4.69, 9.17) is 5.11 Å². The van der Waals surface area contributed by atoms with E-state index in [0.29, 0.717) is 12.5 Å². The van der Waals surface area contributed by atoms with Crippen LogP contribution < -0.4 is 5.32 Å². The molecule has 0 radical (unpaired) electrons. The highest BCUT2D eigenvalue weighted by atomic mass is 19.1. The maximum atomic E-state index is 13.7. The van der Waals surface area contributed by atoms with E-state index in [1.165, 1.54) is 17.0 Å². The van der Waals surface area contributed by atoms with Crippen LogP contribution in [-0.4, -0.2) is 35.6 Å². The fraction of sp³-hybridized carbons (Fsp3) is 0.429. The summed E-state index contributed by atoms with van der Waals surface area (Å²) in [6.07, 6.45) is 0.914. The van der Waals surface area contributed by atoms with Gasteiger partial charge in [-0.1, -0.05) is 26.3 Å². The van der Waals surface area contributed by atoms with Gasteiger partial charge in [-0.25, -0.2) is 14.0 Å². The van der Waals surface area contributed by atoms with E-state index >= 15 is 0 Å². The number of benzene rings is 1. The first kappa shape index (κ1) is 15.9. The highest BCUT2D eigenvalue weighted by molar-refractivity contribution is 6.00. The van der Waals surface area contributed by atoms with Crippen molar-refractivity contribution in [2.45, 2.75) is 20.3 Å². The fourth-order valence-electron chi connectivity index (χ4n) is 1.71. The van der Waals surface area contributed by atoms with Crippen molar-refractivity contribution in [2.75, 3.05) is 18.9 Å². The predicted molar refractivity (Wildman–Crippen MR) is 74.5 cm³/mol. The second kappa shape index (κ2) is 6.88. The van der Waals surface area contributed by atoms with Crippen LogP contribution in [0.1, 0.15) is 30.6 Å². The van der Waals surface area contributed by atoms with Crippen molar-refractivity contribution in [2.24, 2.45) is 5.92 Å². The average Bonchev–Trinajstić information content (AvgIpc) is 2.40. The maximum absolute atomic E-state index is 13.7. The molecule has 1 unspecified atom stereocenters. The van der Waals surface area contributed by atoms with E-state index in [0.717, 1.165) is 12.5 Å². The molecular formula is C14H19FN2O3. The van der Waals surface area contributed by atoms with Gasteiger partial charge in [0, 0.05) is 13.6 Å². The molecule has 1 rings (SSSR count). The van der Waals surface area contributed by atoms with E-state index in [2.05, 4.69) is 5.32 Å². The highest BCUT2D eigenvalue weighted by Gasteiger charge is 2.19. The Labute approximate surface area is 117 Å². The van der Waals surface area contributed by atoms with E-state index in [9.17, 15) is 14.0 Å². The van der Waals surface area contributed by atoms with Crippen LogP contribution in [0.25, 0.3) is 0 Å². The summed E-state index contributed by atoms with van der Waals surface area (Å²) in [7, 11) is 1.59. The minimum absolute atomic E-state index is 0.268. The fourth-order valence-corrected chi connectivity index (χ4v) is 1.71. The lowest BCUT2D eigenvalue weighted by atomic mass is 10.1. The third-order valence-electron chi connectivity index (χ3n) is 3.11. The number of hydrogen-bond acceptors (Lipinski definition) is 2. The first-order chi connectivity index (χ1) is 9.36. The van der Waals surface area contributed by atoms with Crippen molar-refractivity contribution in [3.05, 3.63) is 29.6 Å². The van der Waals surface area contributed by atoms with Gasteiger partial charge in [-0.3, -0.25) is 0 Å². The number of nitrogens with zero attached hydrogens (tertiary/aromatic N) is 1. The Hall–Kier alpha value is -2.11. The van der Waals surface area contributed by atoms with Crippen LogP contribution in [-0.2, 0) is 0 Å². The number of carbonyl (C=O) groups is 2. The van der Waals surface area contributed by atoms with Crippen LogP contribution in [0.4, 0.5) is 14.9 Å². The zero-order valence-electron chi connectivity index (χ0n) is 11.8. The number of para-hydroxylation sites is 1. The molecule has 0 aromatic heterocycles. The number of urea groups is 1. The topological polar surface area (TPSA) is 69.6 Å². The molecule has 1 aromatic carbocycles. The summed E-state index contributed by atoms with van der Waals surface area (Å²) in [5.74, 6) is -1.75. The molecule has 1 atom stereocenters. The lowest BCUT2D eigenvalue weighted by Crippen LogP contribution is -2.35. The maximum Gasteiger partial charge on any atom is 0.337 e. The van der Waals surface area contributed by atoms with Crippen molar-refractivity contribution in [3.63, 3.8) is 0 Å². The molecule has 2 amide bonds. The Morgan fingerprint density at radius 3 is 2.65 bits per heavy atom. The Bertz CT molecular complexity index is 505. The number of hydrogen-bond donors (Lipinski definition) is 2. The summed E-state index contributed by atoms with van der Waals surface area (Å²) in [6.45, 7) is 4.52. The van der Waals surface area contributed by atoms with Crippen molar-refractivity contribution in [1.29, 1.82) is 0 Å². The molecule has 0 saturated carbocycles. The largest absolute Gasteiger partial charge is 0.478 e. The van der Waals surface area contributed by atoms with Crippen LogP contribution in [0, 0.1) is 11.7 Å². The zero-order chi connectivity index (χ0) is 15.3. The molecule has 110 valence electrons. The summed E-state index contributed by atoms with van der Waals surface area (Å²) in [5.41, 5.74) is -0.573. The summed E-state index contributed by atoms with van der Waals surface area (Å²) >= 11 is 0. The van der Waals surface area contributed by atoms with Crippen molar-refractivity contribution >= 4 is 17.7 Å². The molecule has 1 aromatic rings. The standard InChI is InChI=1S/C14H19FN2O3/c1-4-9(2)8-17(3)14(20)16-12-10(13(18)19)6-5-7-11(12)15/h5-7,9H,4,8H2,1-3H3,(H,16,20)(H,18,19). The molecule has 0 saturated heterocycles. The first-order valence-corrected chi connectivity index (χ1v) is 6.40. The SMILES string of the molecule is CCC(C)CN(C)C(=O)Nc1c(F)cccc1C(=O)O. The third-order valence-corrected chi connectivity index (χ3v) is 3.11. The Kier molecular flexibility index (Phi) is 5.49. The number of nitrogens with one attached hydrogen (secondary N) is 1. The molecule has 6 heteroatoms. The second-order valence-corrected chi connectivity index (χ2v) is 4.79. The van der Waals surface area contributed by atoms with Gasteiger partial charge in [0.1, 0.15) is 5.82 Å². The molecule has 2 N–H and O–H groups in total. The summed E-state index contributed by atoms with van der Waals surface area (Å²) in [6, 6.07) is 3.11. The molecule has 0 bridgehead atoms. The van der Waals surface area contributed by atoms with Crippen molar-refractivity contribution in [1.82, 2.24) is 4.90 Å². The smallest absolute Gasteiger partial charge is 0.337 e. The number of carboxylic acids is 1. The minimum atomic E-state index is -1.29. The summed E-state index contributed by atoms with van der Waals surface area (Å²) < 4.78 is 13.7. The first-order valence-electron chi connectivity index (χ1n) is 6.40. The van der Waals surface area contributed by atoms with Crippen LogP contribution in [0.5, 0.6) is 0 Å². The van der Waals surface area contributed by atoms with Crippen molar-refractivity contribution in [3.8, 4) is 0 Å². The van der Waals surface area contributed by atoms with Crippen LogP contribution in [0.2, 0.25) is 0 Å². The molecule has 20 heavy (non-hydrogen) atoms. The molecule has 0 aliphatic rings. The minimum Gasteiger partial charge on any atom is -0.478 e. The quantitative estimate of drug-likeness (QED) is 0.872. The van der Waals surface area contributed by atoms with Gasteiger partial charge >= 0.3 is 12.0 Å². The zero-order valence-corrected chi connectivity index (χ0v) is 11.8. The number of amides is 2. The van der Waals surface area contributed by atoms with Gasteiger partial charge < -0.3 is 15.3 Å². The molecule has 0 spiro atoms.